The van der Waals surface area contributed by atoms with Crippen LogP contribution in [0.4, 0.5) is 0 Å². The second-order valence-electron chi connectivity index (χ2n) is 7.13. The van der Waals surface area contributed by atoms with Gasteiger partial charge in [0.25, 0.3) is 0 Å². The van der Waals surface area contributed by atoms with Crippen molar-refractivity contribution in [3.8, 4) is 28.0 Å². The number of nitrogens with zero attached hydrogens (tertiary/aromatic N) is 2. The van der Waals surface area contributed by atoms with Crippen LogP contribution in [-0.4, -0.2) is 9.97 Å². The summed E-state index contributed by atoms with van der Waals surface area (Å²) in [5, 5.41) is 1.14. The lowest BCUT2D eigenvalue weighted by molar-refractivity contribution is 0.302. The van der Waals surface area contributed by atoms with E-state index in [2.05, 4.69) is 58.5 Å². The van der Waals surface area contributed by atoms with Crippen molar-refractivity contribution in [1.82, 2.24) is 9.97 Å². The summed E-state index contributed by atoms with van der Waals surface area (Å²) >= 11 is 0. The molecule has 0 saturated carbocycles. The number of hydrogen-bond donors (Lipinski definition) is 0. The average Bonchev–Trinajstić information content (AvgIpc) is 2.83. The molecule has 144 valence electrons. The summed E-state index contributed by atoms with van der Waals surface area (Å²) in [5.41, 5.74) is 6.50. The first-order valence-corrected chi connectivity index (χ1v) is 9.93. The quantitative estimate of drug-likeness (QED) is 0.343. The third-order valence-electron chi connectivity index (χ3n) is 5.09. The van der Waals surface area contributed by atoms with E-state index in [0.29, 0.717) is 6.61 Å². The van der Waals surface area contributed by atoms with E-state index in [1.54, 1.807) is 0 Å². The third-order valence-corrected chi connectivity index (χ3v) is 5.09. The summed E-state index contributed by atoms with van der Waals surface area (Å²) in [6.07, 6.45) is 3.63. The fourth-order valence-electron chi connectivity index (χ4n) is 3.53. The zero-order valence-electron chi connectivity index (χ0n) is 16.4. The standard InChI is InChI=1S/C27H20N2O/c1-2-10-27-21(5-1)11-12-25(29-27)19-30-26-9-4-8-24(18-26)23-7-3-6-22(17-23)20-13-15-28-16-14-20/h1-18H,19H2. The molecular formula is C27H20N2O. The summed E-state index contributed by atoms with van der Waals surface area (Å²) < 4.78 is 6.05. The van der Waals surface area contributed by atoms with Crippen LogP contribution in [0.15, 0.2) is 109 Å². The molecule has 2 aromatic heterocycles. The van der Waals surface area contributed by atoms with Crippen LogP contribution in [0.3, 0.4) is 0 Å². The zero-order chi connectivity index (χ0) is 20.2. The molecule has 0 aliphatic rings. The van der Waals surface area contributed by atoms with Crippen LogP contribution in [0.25, 0.3) is 33.2 Å². The topological polar surface area (TPSA) is 35.0 Å². The van der Waals surface area contributed by atoms with Gasteiger partial charge in [-0.3, -0.25) is 4.98 Å². The summed E-state index contributed by atoms with van der Waals surface area (Å²) in [6.45, 7) is 0.436. The van der Waals surface area contributed by atoms with Crippen molar-refractivity contribution in [2.24, 2.45) is 0 Å². The Labute approximate surface area is 175 Å². The maximum absolute atomic E-state index is 6.05. The second-order valence-corrected chi connectivity index (χ2v) is 7.13. The van der Waals surface area contributed by atoms with E-state index in [1.165, 1.54) is 5.56 Å². The van der Waals surface area contributed by atoms with Gasteiger partial charge in [-0.15, -0.1) is 0 Å². The lowest BCUT2D eigenvalue weighted by Gasteiger charge is -2.10. The molecule has 0 fully saturated rings. The van der Waals surface area contributed by atoms with E-state index in [4.69, 9.17) is 4.74 Å². The van der Waals surface area contributed by atoms with Crippen LogP contribution >= 0.6 is 0 Å². The van der Waals surface area contributed by atoms with Gasteiger partial charge in [-0.05, 0) is 64.7 Å². The third kappa shape index (κ3) is 3.91. The monoisotopic (exact) mass is 388 g/mol. The molecule has 3 aromatic carbocycles. The molecule has 0 radical (unpaired) electrons. The van der Waals surface area contributed by atoms with Crippen molar-refractivity contribution in [3.63, 3.8) is 0 Å². The lowest BCUT2D eigenvalue weighted by atomic mass is 9.99. The highest BCUT2D eigenvalue weighted by Crippen LogP contribution is 2.28. The molecule has 0 spiro atoms. The van der Waals surface area contributed by atoms with E-state index in [-0.39, 0.29) is 0 Å². The Morgan fingerprint density at radius 2 is 1.33 bits per heavy atom. The molecular weight excluding hydrogens is 368 g/mol. The fraction of sp³-hybridized carbons (Fsp3) is 0.0370. The maximum atomic E-state index is 6.05. The maximum Gasteiger partial charge on any atom is 0.130 e. The van der Waals surface area contributed by atoms with Crippen LogP contribution in [0, 0.1) is 0 Å². The van der Waals surface area contributed by atoms with Crippen LogP contribution in [0.1, 0.15) is 5.69 Å². The van der Waals surface area contributed by atoms with Gasteiger partial charge in [0.15, 0.2) is 0 Å². The number of ether oxygens (including phenoxy) is 1. The normalized spacial score (nSPS) is 10.8. The highest BCUT2D eigenvalue weighted by Gasteiger charge is 2.05. The summed E-state index contributed by atoms with van der Waals surface area (Å²) in [7, 11) is 0. The van der Waals surface area contributed by atoms with Crippen molar-refractivity contribution in [2.45, 2.75) is 6.61 Å². The number of hydrogen-bond acceptors (Lipinski definition) is 3. The molecule has 5 aromatic rings. The predicted molar refractivity (Wildman–Crippen MR) is 121 cm³/mol. The van der Waals surface area contributed by atoms with Gasteiger partial charge in [-0.25, -0.2) is 4.98 Å². The molecule has 0 amide bonds. The molecule has 0 saturated heterocycles. The van der Waals surface area contributed by atoms with Crippen molar-refractivity contribution >= 4 is 10.9 Å². The number of aromatic nitrogens is 2. The van der Waals surface area contributed by atoms with Gasteiger partial charge in [-0.2, -0.15) is 0 Å². The van der Waals surface area contributed by atoms with E-state index >= 15 is 0 Å². The zero-order valence-corrected chi connectivity index (χ0v) is 16.4. The molecule has 0 N–H and O–H groups in total. The largest absolute Gasteiger partial charge is 0.487 e. The van der Waals surface area contributed by atoms with E-state index < -0.39 is 0 Å². The molecule has 30 heavy (non-hydrogen) atoms. The van der Waals surface area contributed by atoms with Gasteiger partial charge < -0.3 is 4.74 Å². The summed E-state index contributed by atoms with van der Waals surface area (Å²) in [4.78, 5) is 8.79. The Kier molecular flexibility index (Phi) is 4.93. The fourth-order valence-corrected chi connectivity index (χ4v) is 3.53. The van der Waals surface area contributed by atoms with Gasteiger partial charge >= 0.3 is 0 Å². The van der Waals surface area contributed by atoms with Gasteiger partial charge in [0, 0.05) is 17.8 Å². The molecule has 0 unspecified atom stereocenters. The Bertz CT molecular complexity index is 1300. The second kappa shape index (κ2) is 8.18. The number of benzene rings is 3. The molecule has 2 heterocycles. The van der Waals surface area contributed by atoms with Crippen molar-refractivity contribution in [2.75, 3.05) is 0 Å². The molecule has 0 aliphatic heterocycles. The minimum absolute atomic E-state index is 0.436. The first kappa shape index (κ1) is 18.1. The number of rotatable bonds is 5. The Morgan fingerprint density at radius 1 is 0.600 bits per heavy atom. The van der Waals surface area contributed by atoms with Crippen molar-refractivity contribution in [1.29, 1.82) is 0 Å². The van der Waals surface area contributed by atoms with Crippen LogP contribution in [0.5, 0.6) is 5.75 Å². The van der Waals surface area contributed by atoms with Gasteiger partial charge in [0.2, 0.25) is 0 Å². The van der Waals surface area contributed by atoms with Gasteiger partial charge in [-0.1, -0.05) is 54.6 Å². The predicted octanol–water partition coefficient (Wildman–Crippen LogP) is 6.54. The van der Waals surface area contributed by atoms with E-state index in [1.807, 2.05) is 60.9 Å². The van der Waals surface area contributed by atoms with Crippen LogP contribution in [-0.2, 0) is 6.61 Å². The smallest absolute Gasteiger partial charge is 0.130 e. The summed E-state index contributed by atoms with van der Waals surface area (Å²) in [5.74, 6) is 0.830. The van der Waals surface area contributed by atoms with Gasteiger partial charge in [0.05, 0.1) is 11.2 Å². The number of para-hydroxylation sites is 1. The van der Waals surface area contributed by atoms with Gasteiger partial charge in [0.1, 0.15) is 12.4 Å². The highest BCUT2D eigenvalue weighted by atomic mass is 16.5. The van der Waals surface area contributed by atoms with Crippen LogP contribution in [0.2, 0.25) is 0 Å². The van der Waals surface area contributed by atoms with Crippen molar-refractivity contribution < 1.29 is 4.74 Å². The first-order chi connectivity index (χ1) is 14.8. The van der Waals surface area contributed by atoms with Crippen LogP contribution < -0.4 is 4.74 Å². The Balaban J connectivity index is 1.36. The minimum atomic E-state index is 0.436. The Morgan fingerprint density at radius 3 is 2.20 bits per heavy atom. The minimum Gasteiger partial charge on any atom is -0.487 e. The summed E-state index contributed by atoms with van der Waals surface area (Å²) in [6, 6.07) is 33.0. The highest BCUT2D eigenvalue weighted by molar-refractivity contribution is 5.78. The van der Waals surface area contributed by atoms with Crippen molar-refractivity contribution in [3.05, 3.63) is 115 Å². The first-order valence-electron chi connectivity index (χ1n) is 9.93. The lowest BCUT2D eigenvalue weighted by Crippen LogP contribution is -1.98. The molecule has 0 atom stereocenters. The molecule has 0 aliphatic carbocycles. The molecule has 5 rings (SSSR count). The van der Waals surface area contributed by atoms with E-state index in [0.717, 1.165) is 39.0 Å². The molecule has 3 heteroatoms. The average molecular weight is 388 g/mol. The molecule has 3 nitrogen and oxygen atoms in total. The molecule has 0 bridgehead atoms. The van der Waals surface area contributed by atoms with E-state index in [9.17, 15) is 0 Å². The Hall–Kier alpha value is -3.98. The SMILES string of the molecule is c1cc(OCc2ccc3ccccc3n2)cc(-c2cccc(-c3ccncc3)c2)c1. The number of pyridine rings is 2. The number of fused-ring (bicyclic) bond motifs is 1.